The van der Waals surface area contributed by atoms with Crippen molar-refractivity contribution < 1.29 is 0 Å². The Labute approximate surface area is 286 Å². The maximum absolute atomic E-state index is 2.45. The molecule has 0 amide bonds. The van der Waals surface area contributed by atoms with Gasteiger partial charge in [0.1, 0.15) is 0 Å². The SMILES string of the molecule is CC1(C)c2ccc(-c3cc(-c4c5ccccc5c(-c5ccccc5)c5ccccc45)c4ccccc4c3)cc2-c2cc3ccccc3cc21. The zero-order chi connectivity index (χ0) is 32.7. The first-order chi connectivity index (χ1) is 24.1. The van der Waals surface area contributed by atoms with E-state index in [2.05, 4.69) is 184 Å². The summed E-state index contributed by atoms with van der Waals surface area (Å²) in [6.07, 6.45) is 0. The zero-order valence-corrected chi connectivity index (χ0v) is 27.7. The Hall–Kier alpha value is -5.98. The largest absolute Gasteiger partial charge is 0.0622 e. The minimum atomic E-state index is -0.0555. The van der Waals surface area contributed by atoms with Gasteiger partial charge < -0.3 is 0 Å². The van der Waals surface area contributed by atoms with Crippen molar-refractivity contribution in [2.75, 3.05) is 0 Å². The van der Waals surface area contributed by atoms with E-state index < -0.39 is 0 Å². The molecule has 0 bridgehead atoms. The summed E-state index contributed by atoms with van der Waals surface area (Å²) in [5.74, 6) is 0. The summed E-state index contributed by atoms with van der Waals surface area (Å²) in [5, 5.41) is 10.2. The van der Waals surface area contributed by atoms with E-state index >= 15 is 0 Å². The van der Waals surface area contributed by atoms with Crippen molar-refractivity contribution in [1.82, 2.24) is 0 Å². The molecule has 0 unspecified atom stereocenters. The van der Waals surface area contributed by atoms with Crippen LogP contribution in [0, 0.1) is 0 Å². The van der Waals surface area contributed by atoms with Crippen molar-refractivity contribution in [2.24, 2.45) is 0 Å². The lowest BCUT2D eigenvalue weighted by molar-refractivity contribution is 0.661. The molecule has 1 aliphatic rings. The van der Waals surface area contributed by atoms with Gasteiger partial charge in [-0.05, 0) is 129 Å². The molecule has 9 aromatic rings. The normalized spacial score (nSPS) is 13.3. The first kappa shape index (κ1) is 28.1. The van der Waals surface area contributed by atoms with Crippen LogP contribution >= 0.6 is 0 Å². The number of benzene rings is 9. The van der Waals surface area contributed by atoms with E-state index in [-0.39, 0.29) is 5.41 Å². The Morgan fingerprint density at radius 1 is 0.306 bits per heavy atom. The first-order valence-corrected chi connectivity index (χ1v) is 17.3. The summed E-state index contributed by atoms with van der Waals surface area (Å²) < 4.78 is 0. The van der Waals surface area contributed by atoms with Crippen LogP contribution in [0.5, 0.6) is 0 Å². The van der Waals surface area contributed by atoms with Gasteiger partial charge in [0.15, 0.2) is 0 Å². The molecular weight excluding hydrogens is 589 g/mol. The van der Waals surface area contributed by atoms with E-state index in [1.165, 1.54) is 98.7 Å². The summed E-state index contributed by atoms with van der Waals surface area (Å²) in [4.78, 5) is 0. The summed E-state index contributed by atoms with van der Waals surface area (Å²) >= 11 is 0. The first-order valence-electron chi connectivity index (χ1n) is 17.3. The van der Waals surface area contributed by atoms with E-state index in [0.29, 0.717) is 0 Å². The Bertz CT molecular complexity index is 2720. The van der Waals surface area contributed by atoms with Crippen molar-refractivity contribution >= 4 is 43.1 Å². The summed E-state index contributed by atoms with van der Waals surface area (Å²) in [6.45, 7) is 4.74. The van der Waals surface area contributed by atoms with E-state index in [1.54, 1.807) is 0 Å². The zero-order valence-electron chi connectivity index (χ0n) is 27.7. The summed E-state index contributed by atoms with van der Waals surface area (Å²) in [7, 11) is 0. The third-order valence-corrected chi connectivity index (χ3v) is 11.0. The highest BCUT2D eigenvalue weighted by Gasteiger charge is 2.36. The topological polar surface area (TPSA) is 0 Å². The van der Waals surface area contributed by atoms with Gasteiger partial charge in [-0.15, -0.1) is 0 Å². The van der Waals surface area contributed by atoms with Gasteiger partial charge in [-0.1, -0.05) is 153 Å². The fourth-order valence-electron chi connectivity index (χ4n) is 8.64. The molecule has 0 saturated heterocycles. The molecule has 10 rings (SSSR count). The molecule has 0 aliphatic heterocycles. The lowest BCUT2D eigenvalue weighted by Crippen LogP contribution is -2.14. The average molecular weight is 623 g/mol. The van der Waals surface area contributed by atoms with Gasteiger partial charge in [-0.2, -0.15) is 0 Å². The van der Waals surface area contributed by atoms with Crippen LogP contribution in [0.3, 0.4) is 0 Å². The number of fused-ring (bicyclic) bond motifs is 7. The maximum atomic E-state index is 2.45. The van der Waals surface area contributed by atoms with Gasteiger partial charge in [0, 0.05) is 5.41 Å². The molecule has 0 heteroatoms. The fourth-order valence-corrected chi connectivity index (χ4v) is 8.64. The van der Waals surface area contributed by atoms with Crippen LogP contribution in [-0.4, -0.2) is 0 Å². The quantitative estimate of drug-likeness (QED) is 0.172. The molecule has 0 radical (unpaired) electrons. The molecule has 9 aromatic carbocycles. The molecule has 0 spiro atoms. The molecule has 0 atom stereocenters. The Kier molecular flexibility index (Phi) is 6.02. The highest BCUT2D eigenvalue weighted by molar-refractivity contribution is 6.23. The van der Waals surface area contributed by atoms with Gasteiger partial charge in [-0.3, -0.25) is 0 Å². The number of hydrogen-bond acceptors (Lipinski definition) is 0. The molecule has 0 aromatic heterocycles. The maximum Gasteiger partial charge on any atom is 0.0159 e. The van der Waals surface area contributed by atoms with Crippen LogP contribution < -0.4 is 0 Å². The summed E-state index contributed by atoms with van der Waals surface area (Å²) in [6, 6.07) is 63.2. The van der Waals surface area contributed by atoms with Crippen LogP contribution in [0.1, 0.15) is 25.0 Å². The molecule has 0 heterocycles. The second kappa shape index (κ2) is 10.5. The third-order valence-electron chi connectivity index (χ3n) is 11.0. The van der Waals surface area contributed by atoms with E-state index in [1.807, 2.05) is 0 Å². The Morgan fingerprint density at radius 2 is 0.816 bits per heavy atom. The molecule has 0 N–H and O–H groups in total. The molecule has 49 heavy (non-hydrogen) atoms. The van der Waals surface area contributed by atoms with Gasteiger partial charge in [0.25, 0.3) is 0 Å². The average Bonchev–Trinajstić information content (AvgIpc) is 3.37. The smallest absolute Gasteiger partial charge is 0.0159 e. The Balaban J connectivity index is 1.25. The molecule has 0 saturated carbocycles. The standard InChI is InChI=1S/C49H34/c1-49(2)45-25-24-34(28-42(45)43-27-32-16-6-7-17-33(32)30-46(43)49)36-26-35-18-8-9-19-37(35)44(29-36)48-40-22-12-10-20-38(40)47(31-14-4-3-5-15-31)39-21-11-13-23-41(39)48/h3-30H,1-2H3. The highest BCUT2D eigenvalue weighted by atomic mass is 14.4. The van der Waals surface area contributed by atoms with Crippen LogP contribution in [0.15, 0.2) is 170 Å². The minimum absolute atomic E-state index is 0.0555. The van der Waals surface area contributed by atoms with E-state index in [0.717, 1.165) is 0 Å². The van der Waals surface area contributed by atoms with Gasteiger partial charge in [0.05, 0.1) is 0 Å². The molecule has 230 valence electrons. The van der Waals surface area contributed by atoms with Crippen LogP contribution in [0.2, 0.25) is 0 Å². The van der Waals surface area contributed by atoms with E-state index in [9.17, 15) is 0 Å². The van der Waals surface area contributed by atoms with Crippen molar-refractivity contribution in [3.8, 4) is 44.5 Å². The van der Waals surface area contributed by atoms with Gasteiger partial charge >= 0.3 is 0 Å². The predicted octanol–water partition coefficient (Wildman–Crippen LogP) is 13.6. The predicted molar refractivity (Wildman–Crippen MR) is 210 cm³/mol. The van der Waals surface area contributed by atoms with Gasteiger partial charge in [-0.25, -0.2) is 0 Å². The number of hydrogen-bond donors (Lipinski definition) is 0. The second-order valence-corrected chi connectivity index (χ2v) is 14.1. The third kappa shape index (κ3) is 4.17. The second-order valence-electron chi connectivity index (χ2n) is 14.1. The van der Waals surface area contributed by atoms with Crippen LogP contribution in [-0.2, 0) is 5.41 Å². The molecule has 0 nitrogen and oxygen atoms in total. The summed E-state index contributed by atoms with van der Waals surface area (Å²) in [5.41, 5.74) is 13.1. The molecular formula is C49H34. The van der Waals surface area contributed by atoms with Crippen molar-refractivity contribution in [3.63, 3.8) is 0 Å². The molecule has 1 aliphatic carbocycles. The Morgan fingerprint density at radius 3 is 1.49 bits per heavy atom. The lowest BCUT2D eigenvalue weighted by Gasteiger charge is -2.22. The highest BCUT2D eigenvalue weighted by Crippen LogP contribution is 2.52. The minimum Gasteiger partial charge on any atom is -0.0622 e. The monoisotopic (exact) mass is 622 g/mol. The lowest BCUT2D eigenvalue weighted by atomic mass is 9.81. The van der Waals surface area contributed by atoms with Crippen molar-refractivity contribution in [3.05, 3.63) is 181 Å². The van der Waals surface area contributed by atoms with Crippen LogP contribution in [0.25, 0.3) is 87.6 Å². The van der Waals surface area contributed by atoms with Gasteiger partial charge in [0.2, 0.25) is 0 Å². The van der Waals surface area contributed by atoms with Crippen molar-refractivity contribution in [2.45, 2.75) is 19.3 Å². The van der Waals surface area contributed by atoms with E-state index in [4.69, 9.17) is 0 Å². The number of rotatable bonds is 3. The molecule has 0 fully saturated rings. The van der Waals surface area contributed by atoms with Crippen molar-refractivity contribution in [1.29, 1.82) is 0 Å². The van der Waals surface area contributed by atoms with Crippen LogP contribution in [0.4, 0.5) is 0 Å². The fraction of sp³-hybridized carbons (Fsp3) is 0.0612.